The molecule has 2 rings (SSSR count). The number of amides is 1. The largest absolute Gasteiger partial charge is 0.481 e. The number of nitrogens with one attached hydrogen (secondary N) is 1. The zero-order chi connectivity index (χ0) is 16.1. The molecule has 0 aromatic heterocycles. The second-order valence-corrected chi connectivity index (χ2v) is 5.55. The maximum Gasteiger partial charge on any atom is 0.262 e. The summed E-state index contributed by atoms with van der Waals surface area (Å²) in [7, 11) is 0. The van der Waals surface area contributed by atoms with Crippen molar-refractivity contribution in [2.75, 3.05) is 11.9 Å². The van der Waals surface area contributed by atoms with Crippen LogP contribution in [0, 0.1) is 0 Å². The maximum atomic E-state index is 11.8. The van der Waals surface area contributed by atoms with Crippen LogP contribution in [0.4, 0.5) is 5.69 Å². The van der Waals surface area contributed by atoms with Crippen LogP contribution in [0.1, 0.15) is 10.4 Å². The summed E-state index contributed by atoms with van der Waals surface area (Å²) in [5.41, 5.74) is 0.757. The number of rotatable bonds is 5. The van der Waals surface area contributed by atoms with Crippen molar-refractivity contribution in [1.29, 1.82) is 0 Å². The van der Waals surface area contributed by atoms with E-state index in [-0.39, 0.29) is 22.9 Å². The maximum absolute atomic E-state index is 11.8. The summed E-state index contributed by atoms with van der Waals surface area (Å²) < 4.78 is 5.31. The first-order valence-electron chi connectivity index (χ1n) is 6.12. The fourth-order valence-corrected chi connectivity index (χ4v) is 2.38. The van der Waals surface area contributed by atoms with Crippen molar-refractivity contribution in [3.63, 3.8) is 0 Å². The molecule has 2 aromatic rings. The highest BCUT2D eigenvalue weighted by Gasteiger charge is 2.12. The zero-order valence-corrected chi connectivity index (χ0v) is 13.4. The molecule has 0 unspecified atom stereocenters. The van der Waals surface area contributed by atoms with E-state index in [2.05, 4.69) is 5.32 Å². The summed E-state index contributed by atoms with van der Waals surface area (Å²) in [4.78, 5) is 22.8. The third kappa shape index (κ3) is 4.37. The van der Waals surface area contributed by atoms with Crippen LogP contribution in [-0.4, -0.2) is 18.8 Å². The fraction of sp³-hybridized carbons (Fsp3) is 0.0667. The first kappa shape index (κ1) is 16.6. The summed E-state index contributed by atoms with van der Waals surface area (Å²) in [6, 6.07) is 9.46. The summed E-state index contributed by atoms with van der Waals surface area (Å²) >= 11 is 17.5. The van der Waals surface area contributed by atoms with Crippen LogP contribution in [0.3, 0.4) is 0 Å². The third-order valence-electron chi connectivity index (χ3n) is 2.64. The predicted octanol–water partition coefficient (Wildman–Crippen LogP) is 4.48. The molecule has 2 aromatic carbocycles. The number of hydrogen-bond acceptors (Lipinski definition) is 3. The van der Waals surface area contributed by atoms with E-state index in [0.717, 1.165) is 0 Å². The van der Waals surface area contributed by atoms with Gasteiger partial charge in [-0.3, -0.25) is 9.59 Å². The Bertz CT molecular complexity index is 702. The molecule has 0 aliphatic heterocycles. The van der Waals surface area contributed by atoms with Gasteiger partial charge in [0, 0.05) is 15.7 Å². The Kier molecular flexibility index (Phi) is 5.66. The van der Waals surface area contributed by atoms with Gasteiger partial charge in [0.1, 0.15) is 5.75 Å². The van der Waals surface area contributed by atoms with Gasteiger partial charge in [0.15, 0.2) is 12.9 Å². The van der Waals surface area contributed by atoms with Crippen molar-refractivity contribution < 1.29 is 14.3 Å². The normalized spacial score (nSPS) is 10.1. The Hall–Kier alpha value is -1.75. The molecule has 0 spiro atoms. The molecule has 0 radical (unpaired) electrons. The SMILES string of the molecule is O=Cc1cc(Cl)cc(Cl)c1OCC(=O)Nc1ccc(Cl)cc1. The fourth-order valence-electron chi connectivity index (χ4n) is 1.69. The average Bonchev–Trinajstić information content (AvgIpc) is 2.48. The monoisotopic (exact) mass is 357 g/mol. The Morgan fingerprint density at radius 3 is 2.41 bits per heavy atom. The molecule has 1 amide bonds. The number of anilines is 1. The van der Waals surface area contributed by atoms with Gasteiger partial charge in [-0.1, -0.05) is 34.8 Å². The average molecular weight is 359 g/mol. The highest BCUT2D eigenvalue weighted by atomic mass is 35.5. The summed E-state index contributed by atoms with van der Waals surface area (Å²) in [6.45, 7) is -0.301. The molecule has 114 valence electrons. The molecule has 0 saturated heterocycles. The van der Waals surface area contributed by atoms with Gasteiger partial charge in [0.2, 0.25) is 0 Å². The number of carbonyl (C=O) groups excluding carboxylic acids is 2. The van der Waals surface area contributed by atoms with E-state index in [9.17, 15) is 9.59 Å². The Balaban J connectivity index is 2.02. The van der Waals surface area contributed by atoms with E-state index in [1.54, 1.807) is 24.3 Å². The standard InChI is InChI=1S/C15H10Cl3NO3/c16-10-1-3-12(4-2-10)19-14(21)8-22-15-9(7-20)5-11(17)6-13(15)18/h1-7H,8H2,(H,19,21). The van der Waals surface area contributed by atoms with Crippen LogP contribution in [0.5, 0.6) is 5.75 Å². The van der Waals surface area contributed by atoms with Crippen LogP contribution in [0.2, 0.25) is 15.1 Å². The second kappa shape index (κ2) is 7.49. The number of hydrogen-bond donors (Lipinski definition) is 1. The molecule has 7 heteroatoms. The first-order chi connectivity index (χ1) is 10.5. The lowest BCUT2D eigenvalue weighted by atomic mass is 10.2. The van der Waals surface area contributed by atoms with Crippen LogP contribution in [0.15, 0.2) is 36.4 Å². The number of aldehydes is 1. The minimum atomic E-state index is -0.398. The summed E-state index contributed by atoms with van der Waals surface area (Å²) in [5, 5.41) is 3.67. The predicted molar refractivity (Wildman–Crippen MR) is 87.4 cm³/mol. The number of ether oxygens (including phenoxy) is 1. The molecule has 0 saturated carbocycles. The van der Waals surface area contributed by atoms with Gasteiger partial charge in [0.25, 0.3) is 5.91 Å². The lowest BCUT2D eigenvalue weighted by Gasteiger charge is -2.11. The zero-order valence-electron chi connectivity index (χ0n) is 11.1. The van der Waals surface area contributed by atoms with Crippen LogP contribution in [-0.2, 0) is 4.79 Å². The highest BCUT2D eigenvalue weighted by Crippen LogP contribution is 2.31. The molecule has 0 aliphatic carbocycles. The van der Waals surface area contributed by atoms with Crippen LogP contribution >= 0.6 is 34.8 Å². The van der Waals surface area contributed by atoms with Gasteiger partial charge in [0.05, 0.1) is 10.6 Å². The lowest BCUT2D eigenvalue weighted by molar-refractivity contribution is -0.118. The topological polar surface area (TPSA) is 55.4 Å². The van der Waals surface area contributed by atoms with E-state index in [0.29, 0.717) is 22.0 Å². The van der Waals surface area contributed by atoms with Crippen LogP contribution in [0.25, 0.3) is 0 Å². The summed E-state index contributed by atoms with van der Waals surface area (Å²) in [6.07, 6.45) is 0.560. The summed E-state index contributed by atoms with van der Waals surface area (Å²) in [5.74, 6) is -0.280. The molecule has 0 heterocycles. The Morgan fingerprint density at radius 2 is 1.77 bits per heavy atom. The quantitative estimate of drug-likeness (QED) is 0.802. The van der Waals surface area contributed by atoms with E-state index in [1.807, 2.05) is 0 Å². The second-order valence-electron chi connectivity index (χ2n) is 4.27. The van der Waals surface area contributed by atoms with Crippen molar-refractivity contribution >= 4 is 52.7 Å². The molecular weight excluding hydrogens is 349 g/mol. The van der Waals surface area contributed by atoms with Crippen molar-refractivity contribution in [3.05, 3.63) is 57.0 Å². The van der Waals surface area contributed by atoms with Crippen LogP contribution < -0.4 is 10.1 Å². The first-order valence-corrected chi connectivity index (χ1v) is 7.25. The minimum absolute atomic E-state index is 0.118. The molecule has 22 heavy (non-hydrogen) atoms. The molecule has 1 N–H and O–H groups in total. The van der Waals surface area contributed by atoms with Gasteiger partial charge in [-0.25, -0.2) is 0 Å². The lowest BCUT2D eigenvalue weighted by Crippen LogP contribution is -2.20. The minimum Gasteiger partial charge on any atom is -0.481 e. The molecule has 0 atom stereocenters. The molecule has 0 bridgehead atoms. The van der Waals surface area contributed by atoms with Crippen molar-refractivity contribution in [1.82, 2.24) is 0 Å². The van der Waals surface area contributed by atoms with Gasteiger partial charge in [-0.2, -0.15) is 0 Å². The molecule has 4 nitrogen and oxygen atoms in total. The third-order valence-corrected chi connectivity index (χ3v) is 3.39. The van der Waals surface area contributed by atoms with Crippen molar-refractivity contribution in [2.45, 2.75) is 0 Å². The molecule has 0 fully saturated rings. The van der Waals surface area contributed by atoms with Gasteiger partial charge in [-0.05, 0) is 36.4 Å². The van der Waals surface area contributed by atoms with E-state index < -0.39 is 5.91 Å². The number of halogens is 3. The van der Waals surface area contributed by atoms with Gasteiger partial charge >= 0.3 is 0 Å². The Morgan fingerprint density at radius 1 is 1.09 bits per heavy atom. The number of carbonyl (C=O) groups is 2. The van der Waals surface area contributed by atoms with E-state index >= 15 is 0 Å². The number of benzene rings is 2. The van der Waals surface area contributed by atoms with Crippen molar-refractivity contribution in [2.24, 2.45) is 0 Å². The van der Waals surface area contributed by atoms with E-state index in [4.69, 9.17) is 39.5 Å². The highest BCUT2D eigenvalue weighted by molar-refractivity contribution is 6.36. The van der Waals surface area contributed by atoms with E-state index in [1.165, 1.54) is 12.1 Å². The molecule has 0 aliphatic rings. The van der Waals surface area contributed by atoms with Gasteiger partial charge in [-0.15, -0.1) is 0 Å². The smallest absolute Gasteiger partial charge is 0.262 e. The Labute approximate surface area is 141 Å². The van der Waals surface area contributed by atoms with Crippen molar-refractivity contribution in [3.8, 4) is 5.75 Å². The van der Waals surface area contributed by atoms with Gasteiger partial charge < -0.3 is 10.1 Å². The molecular formula is C15H10Cl3NO3.